The number of rotatable bonds is 8. The summed E-state index contributed by atoms with van der Waals surface area (Å²) in [6, 6.07) is 14.2. The molecule has 0 aliphatic carbocycles. The second-order valence-corrected chi connectivity index (χ2v) is 10.4. The molecule has 0 spiro atoms. The van der Waals surface area contributed by atoms with Gasteiger partial charge in [-0.2, -0.15) is 0 Å². The van der Waals surface area contributed by atoms with Crippen molar-refractivity contribution in [3.8, 4) is 11.5 Å². The Hall–Kier alpha value is -2.61. The van der Waals surface area contributed by atoms with Crippen LogP contribution >= 0.6 is 58.2 Å². The highest BCUT2D eigenvalue weighted by molar-refractivity contribution is 8.18. The molecule has 0 unspecified atom stereocenters. The average Bonchev–Trinajstić information content (AvgIpc) is 3.21. The van der Waals surface area contributed by atoms with Crippen LogP contribution < -0.4 is 14.8 Å². The third-order valence-corrected chi connectivity index (χ3v) is 7.67. The number of thioether (sulfide) groups is 1. The van der Waals surface area contributed by atoms with Crippen LogP contribution in [0, 0.1) is 0 Å². The molecule has 1 aliphatic heterocycles. The van der Waals surface area contributed by atoms with Crippen LogP contribution in [0.1, 0.15) is 16.7 Å². The Labute approximate surface area is 239 Å². The van der Waals surface area contributed by atoms with Gasteiger partial charge < -0.3 is 14.8 Å². The van der Waals surface area contributed by atoms with Gasteiger partial charge in [0.2, 0.25) is 0 Å². The summed E-state index contributed by atoms with van der Waals surface area (Å²) in [4.78, 5) is 17.5. The van der Waals surface area contributed by atoms with E-state index in [1.54, 1.807) is 55.7 Å². The molecule has 1 saturated heterocycles. The van der Waals surface area contributed by atoms with Crippen LogP contribution in [0.2, 0.25) is 20.1 Å². The Morgan fingerprint density at radius 2 is 1.86 bits per heavy atom. The van der Waals surface area contributed by atoms with Gasteiger partial charge in [0.15, 0.2) is 16.7 Å². The molecule has 1 amide bonds. The Morgan fingerprint density at radius 3 is 2.59 bits per heavy atom. The maximum Gasteiger partial charge on any atom is 0.264 e. The lowest BCUT2D eigenvalue weighted by atomic mass is 10.0. The number of hydrogen-bond acceptors (Lipinski definition) is 5. The van der Waals surface area contributed by atoms with E-state index >= 15 is 0 Å². The van der Waals surface area contributed by atoms with Crippen molar-refractivity contribution in [2.45, 2.75) is 13.0 Å². The van der Waals surface area contributed by atoms with Crippen LogP contribution in [0.3, 0.4) is 0 Å². The summed E-state index contributed by atoms with van der Waals surface area (Å²) < 4.78 is 11.7. The molecule has 0 aromatic heterocycles. The van der Waals surface area contributed by atoms with Crippen LogP contribution in [0.4, 0.5) is 5.69 Å². The molecule has 1 heterocycles. The predicted molar refractivity (Wildman–Crippen MR) is 155 cm³/mol. The zero-order valence-corrected chi connectivity index (χ0v) is 23.3. The first-order valence-corrected chi connectivity index (χ1v) is 13.2. The number of nitrogens with zero attached hydrogens (tertiary/aromatic N) is 1. The summed E-state index contributed by atoms with van der Waals surface area (Å²) in [6.45, 7) is 4.12. The van der Waals surface area contributed by atoms with Crippen molar-refractivity contribution in [3.05, 3.63) is 103 Å². The zero-order valence-electron chi connectivity index (χ0n) is 19.5. The fraction of sp³-hybridized carbons (Fsp3) is 0.111. The number of halogens is 4. The number of allylic oxidation sites excluding steroid dienone is 1. The van der Waals surface area contributed by atoms with Crippen molar-refractivity contribution in [2.75, 3.05) is 7.11 Å². The molecular formula is C27H20Cl4N2O3S. The van der Waals surface area contributed by atoms with Gasteiger partial charge in [-0.05, 0) is 71.8 Å². The van der Waals surface area contributed by atoms with Gasteiger partial charge in [-0.15, -0.1) is 6.58 Å². The first-order chi connectivity index (χ1) is 17.8. The minimum atomic E-state index is -0.272. The third-order valence-electron chi connectivity index (χ3n) is 5.21. The minimum Gasteiger partial charge on any atom is -0.493 e. The molecule has 1 aliphatic rings. The number of carbonyl (C=O) groups is 1. The molecule has 0 atom stereocenters. The van der Waals surface area contributed by atoms with Gasteiger partial charge in [0.25, 0.3) is 5.91 Å². The summed E-state index contributed by atoms with van der Waals surface area (Å²) in [6.07, 6.45) is 4.07. The van der Waals surface area contributed by atoms with Gasteiger partial charge in [0, 0.05) is 5.56 Å². The molecule has 0 bridgehead atoms. The molecule has 10 heteroatoms. The number of benzene rings is 3. The first kappa shape index (κ1) is 27.4. The Kier molecular flexibility index (Phi) is 9.11. The van der Waals surface area contributed by atoms with Crippen molar-refractivity contribution < 1.29 is 14.3 Å². The summed E-state index contributed by atoms with van der Waals surface area (Å²) in [5, 5.41) is 4.80. The zero-order chi connectivity index (χ0) is 26.5. The van der Waals surface area contributed by atoms with Crippen LogP contribution in [-0.4, -0.2) is 18.2 Å². The van der Waals surface area contributed by atoms with E-state index in [-0.39, 0.29) is 12.5 Å². The Balaban J connectivity index is 1.61. The van der Waals surface area contributed by atoms with E-state index < -0.39 is 0 Å². The normalized spacial score (nSPS) is 15.2. The van der Waals surface area contributed by atoms with Crippen molar-refractivity contribution >= 4 is 81.0 Å². The standard InChI is InChI=1S/C27H20Cl4N2O3S/c1-3-5-17-10-16(12-22(35-2)25(17)36-14-15-8-9-18(28)20(30)11-15)13-23-26(34)33-27(37-23)32-21-7-4-6-19(29)24(21)31/h3-4,6-13H,1,5,14H2,2H3,(H,32,33,34)/b23-13+. The van der Waals surface area contributed by atoms with E-state index in [0.717, 1.165) is 16.7 Å². The van der Waals surface area contributed by atoms with E-state index in [9.17, 15) is 4.79 Å². The third kappa shape index (κ3) is 6.64. The molecule has 0 saturated carbocycles. The number of amidine groups is 1. The van der Waals surface area contributed by atoms with Crippen molar-refractivity contribution in [2.24, 2.45) is 4.99 Å². The highest BCUT2D eigenvalue weighted by atomic mass is 35.5. The summed E-state index contributed by atoms with van der Waals surface area (Å²) >= 11 is 25.6. The maximum atomic E-state index is 12.6. The molecular weight excluding hydrogens is 574 g/mol. The van der Waals surface area contributed by atoms with E-state index in [4.69, 9.17) is 55.9 Å². The van der Waals surface area contributed by atoms with Gasteiger partial charge in [-0.1, -0.05) is 64.6 Å². The lowest BCUT2D eigenvalue weighted by Gasteiger charge is -2.16. The molecule has 4 rings (SSSR count). The summed E-state index contributed by atoms with van der Waals surface area (Å²) in [7, 11) is 1.56. The maximum absolute atomic E-state index is 12.6. The molecule has 0 radical (unpaired) electrons. The monoisotopic (exact) mass is 592 g/mol. The minimum absolute atomic E-state index is 0.266. The molecule has 3 aromatic rings. The topological polar surface area (TPSA) is 59.9 Å². The van der Waals surface area contributed by atoms with Gasteiger partial charge in [-0.25, -0.2) is 4.99 Å². The Morgan fingerprint density at radius 1 is 1.05 bits per heavy atom. The lowest BCUT2D eigenvalue weighted by Crippen LogP contribution is -2.19. The Bertz CT molecular complexity index is 1440. The smallest absolute Gasteiger partial charge is 0.264 e. The first-order valence-electron chi connectivity index (χ1n) is 10.9. The highest BCUT2D eigenvalue weighted by Gasteiger charge is 2.25. The van der Waals surface area contributed by atoms with Crippen molar-refractivity contribution in [3.63, 3.8) is 0 Å². The predicted octanol–water partition coefficient (Wildman–Crippen LogP) is 8.51. The molecule has 190 valence electrons. The van der Waals surface area contributed by atoms with Crippen LogP contribution in [-0.2, 0) is 17.8 Å². The van der Waals surface area contributed by atoms with Gasteiger partial charge in [0.1, 0.15) is 6.61 Å². The van der Waals surface area contributed by atoms with Crippen LogP contribution in [0.15, 0.2) is 71.1 Å². The SMILES string of the molecule is C=CCc1cc(/C=C2/SC(=Nc3cccc(Cl)c3Cl)NC2=O)cc(OC)c1OCc1ccc(Cl)c(Cl)c1. The van der Waals surface area contributed by atoms with Gasteiger partial charge in [0.05, 0.1) is 37.8 Å². The fourth-order valence-electron chi connectivity index (χ4n) is 3.49. The number of ether oxygens (including phenoxy) is 2. The number of amides is 1. The van der Waals surface area contributed by atoms with Crippen molar-refractivity contribution in [1.29, 1.82) is 0 Å². The van der Waals surface area contributed by atoms with Gasteiger partial charge in [-0.3, -0.25) is 4.79 Å². The molecule has 5 nitrogen and oxygen atoms in total. The van der Waals surface area contributed by atoms with Crippen molar-refractivity contribution in [1.82, 2.24) is 5.32 Å². The van der Waals surface area contributed by atoms with E-state index in [2.05, 4.69) is 16.9 Å². The summed E-state index contributed by atoms with van der Waals surface area (Å²) in [5.41, 5.74) is 2.94. The average molecular weight is 594 g/mol. The van der Waals surface area contributed by atoms with Gasteiger partial charge >= 0.3 is 0 Å². The molecule has 1 N–H and O–H groups in total. The van der Waals surface area contributed by atoms with E-state index in [1.165, 1.54) is 11.8 Å². The highest BCUT2D eigenvalue weighted by Crippen LogP contribution is 2.38. The largest absolute Gasteiger partial charge is 0.493 e. The van der Waals surface area contributed by atoms with Crippen LogP contribution in [0.25, 0.3) is 6.08 Å². The second-order valence-electron chi connectivity index (χ2n) is 7.80. The van der Waals surface area contributed by atoms with E-state index in [1.807, 2.05) is 12.1 Å². The fourth-order valence-corrected chi connectivity index (χ4v) is 4.99. The summed E-state index contributed by atoms with van der Waals surface area (Å²) in [5.74, 6) is 0.831. The number of methoxy groups -OCH3 is 1. The quantitative estimate of drug-likeness (QED) is 0.210. The molecule has 37 heavy (non-hydrogen) atoms. The number of hydrogen-bond donors (Lipinski definition) is 1. The second kappa shape index (κ2) is 12.3. The molecule has 3 aromatic carbocycles. The number of carbonyl (C=O) groups excluding carboxylic acids is 1. The van der Waals surface area contributed by atoms with Crippen LogP contribution in [0.5, 0.6) is 11.5 Å². The molecule has 1 fully saturated rings. The number of aliphatic imine (C=N–C) groups is 1. The lowest BCUT2D eigenvalue weighted by molar-refractivity contribution is -0.115. The number of nitrogens with one attached hydrogen (secondary N) is 1. The van der Waals surface area contributed by atoms with E-state index in [0.29, 0.717) is 53.8 Å².